The molecule has 0 aromatic carbocycles. The quantitative estimate of drug-likeness (QED) is 0.794. The summed E-state index contributed by atoms with van der Waals surface area (Å²) in [5.74, 6) is 0.760. The Labute approximate surface area is 101 Å². The maximum atomic E-state index is 5.36. The van der Waals surface area contributed by atoms with Crippen LogP contribution in [0.3, 0.4) is 0 Å². The van der Waals surface area contributed by atoms with Crippen molar-refractivity contribution in [2.75, 3.05) is 19.8 Å². The Bertz CT molecular complexity index is 308. The van der Waals surface area contributed by atoms with Crippen LogP contribution >= 0.6 is 11.3 Å². The molecule has 1 aliphatic rings. The first kappa shape index (κ1) is 12.0. The van der Waals surface area contributed by atoms with Crippen LogP contribution in [0.5, 0.6) is 0 Å². The van der Waals surface area contributed by atoms with Crippen molar-refractivity contribution in [1.29, 1.82) is 0 Å². The molecule has 0 aliphatic carbocycles. The van der Waals surface area contributed by atoms with Gasteiger partial charge in [0, 0.05) is 25.2 Å². The van der Waals surface area contributed by atoms with Gasteiger partial charge in [-0.1, -0.05) is 0 Å². The SMILES string of the molecule is CCOCc1nc(CC2CCOCC2)cs1. The minimum absolute atomic E-state index is 0.662. The Morgan fingerprint density at radius 1 is 1.50 bits per heavy atom. The number of hydrogen-bond acceptors (Lipinski definition) is 4. The van der Waals surface area contributed by atoms with E-state index < -0.39 is 0 Å². The summed E-state index contributed by atoms with van der Waals surface area (Å²) in [6, 6.07) is 0. The number of aromatic nitrogens is 1. The highest BCUT2D eigenvalue weighted by Crippen LogP contribution is 2.21. The molecule has 0 unspecified atom stereocenters. The highest BCUT2D eigenvalue weighted by Gasteiger charge is 2.15. The molecule has 0 spiro atoms. The lowest BCUT2D eigenvalue weighted by Gasteiger charge is -2.20. The van der Waals surface area contributed by atoms with Crippen LogP contribution in [0.15, 0.2) is 5.38 Å². The van der Waals surface area contributed by atoms with Crippen molar-refractivity contribution < 1.29 is 9.47 Å². The van der Waals surface area contributed by atoms with Crippen LogP contribution in [-0.2, 0) is 22.5 Å². The van der Waals surface area contributed by atoms with Crippen LogP contribution < -0.4 is 0 Å². The van der Waals surface area contributed by atoms with Crippen molar-refractivity contribution in [3.8, 4) is 0 Å². The van der Waals surface area contributed by atoms with Gasteiger partial charge in [-0.05, 0) is 32.1 Å². The Kier molecular flexibility index (Phi) is 4.75. The number of nitrogens with zero attached hydrogens (tertiary/aromatic N) is 1. The number of thiazole rings is 1. The van der Waals surface area contributed by atoms with Crippen molar-refractivity contribution in [3.63, 3.8) is 0 Å². The molecule has 3 nitrogen and oxygen atoms in total. The van der Waals surface area contributed by atoms with Gasteiger partial charge in [0.15, 0.2) is 0 Å². The van der Waals surface area contributed by atoms with Crippen molar-refractivity contribution in [2.24, 2.45) is 5.92 Å². The molecule has 0 radical (unpaired) electrons. The van der Waals surface area contributed by atoms with Gasteiger partial charge in [-0.15, -0.1) is 11.3 Å². The summed E-state index contributed by atoms with van der Waals surface area (Å²) in [4.78, 5) is 4.59. The molecule has 1 saturated heterocycles. The van der Waals surface area contributed by atoms with Crippen molar-refractivity contribution in [1.82, 2.24) is 4.98 Å². The lowest BCUT2D eigenvalue weighted by Crippen LogP contribution is -2.17. The third-order valence-electron chi connectivity index (χ3n) is 2.87. The summed E-state index contributed by atoms with van der Waals surface area (Å²) >= 11 is 1.71. The van der Waals surface area contributed by atoms with E-state index in [-0.39, 0.29) is 0 Å². The molecule has 1 aliphatic heterocycles. The van der Waals surface area contributed by atoms with Gasteiger partial charge in [0.25, 0.3) is 0 Å². The Balaban J connectivity index is 1.81. The average molecular weight is 241 g/mol. The number of hydrogen-bond donors (Lipinski definition) is 0. The third-order valence-corrected chi connectivity index (χ3v) is 3.74. The molecule has 2 rings (SSSR count). The van der Waals surface area contributed by atoms with Crippen LogP contribution in [0.4, 0.5) is 0 Å². The second-order valence-electron chi connectivity index (χ2n) is 4.13. The molecule has 1 aromatic rings. The van der Waals surface area contributed by atoms with Gasteiger partial charge in [0.2, 0.25) is 0 Å². The van der Waals surface area contributed by atoms with E-state index in [9.17, 15) is 0 Å². The minimum atomic E-state index is 0.662. The van der Waals surface area contributed by atoms with E-state index in [1.165, 1.54) is 18.5 Å². The second kappa shape index (κ2) is 6.33. The third kappa shape index (κ3) is 3.54. The molecular formula is C12H19NO2S. The first-order valence-corrected chi connectivity index (χ1v) is 6.85. The van der Waals surface area contributed by atoms with E-state index >= 15 is 0 Å². The molecule has 16 heavy (non-hydrogen) atoms. The number of ether oxygens (including phenoxy) is 2. The highest BCUT2D eigenvalue weighted by molar-refractivity contribution is 7.09. The maximum absolute atomic E-state index is 5.36. The smallest absolute Gasteiger partial charge is 0.119 e. The van der Waals surface area contributed by atoms with Gasteiger partial charge >= 0.3 is 0 Å². The van der Waals surface area contributed by atoms with Gasteiger partial charge in [-0.25, -0.2) is 4.98 Å². The Morgan fingerprint density at radius 2 is 2.31 bits per heavy atom. The van der Waals surface area contributed by atoms with Gasteiger partial charge < -0.3 is 9.47 Å². The van der Waals surface area contributed by atoms with E-state index in [0.717, 1.165) is 37.2 Å². The van der Waals surface area contributed by atoms with Crippen molar-refractivity contribution in [3.05, 3.63) is 16.1 Å². The van der Waals surface area contributed by atoms with Crippen LogP contribution in [0, 0.1) is 5.92 Å². The zero-order valence-corrected chi connectivity index (χ0v) is 10.6. The van der Waals surface area contributed by atoms with Crippen LogP contribution in [0.2, 0.25) is 0 Å². The normalized spacial score (nSPS) is 17.8. The first-order chi connectivity index (χ1) is 7.88. The zero-order chi connectivity index (χ0) is 11.2. The van der Waals surface area contributed by atoms with Crippen molar-refractivity contribution >= 4 is 11.3 Å². The van der Waals surface area contributed by atoms with Crippen LogP contribution in [0.1, 0.15) is 30.5 Å². The summed E-state index contributed by atoms with van der Waals surface area (Å²) in [6.45, 7) is 5.27. The average Bonchev–Trinajstić information content (AvgIpc) is 2.75. The van der Waals surface area contributed by atoms with E-state index in [4.69, 9.17) is 9.47 Å². The van der Waals surface area contributed by atoms with E-state index in [1.807, 2.05) is 6.92 Å². The van der Waals surface area contributed by atoms with Gasteiger partial charge in [-0.3, -0.25) is 0 Å². The van der Waals surface area contributed by atoms with Crippen molar-refractivity contribution in [2.45, 2.75) is 32.8 Å². The molecule has 0 atom stereocenters. The fraction of sp³-hybridized carbons (Fsp3) is 0.750. The van der Waals surface area contributed by atoms with Crippen LogP contribution in [0.25, 0.3) is 0 Å². The topological polar surface area (TPSA) is 31.4 Å². The second-order valence-corrected chi connectivity index (χ2v) is 5.07. The minimum Gasteiger partial charge on any atom is -0.381 e. The fourth-order valence-electron chi connectivity index (χ4n) is 1.94. The van der Waals surface area contributed by atoms with E-state index in [1.54, 1.807) is 11.3 Å². The van der Waals surface area contributed by atoms with E-state index in [2.05, 4.69) is 10.4 Å². The Hall–Kier alpha value is -0.450. The molecular weight excluding hydrogens is 222 g/mol. The summed E-state index contributed by atoms with van der Waals surface area (Å²) in [5.41, 5.74) is 1.23. The van der Waals surface area contributed by atoms with Gasteiger partial charge in [0.1, 0.15) is 5.01 Å². The summed E-state index contributed by atoms with van der Waals surface area (Å²) in [5, 5.41) is 3.27. The molecule has 0 amide bonds. The first-order valence-electron chi connectivity index (χ1n) is 5.97. The monoisotopic (exact) mass is 241 g/mol. The van der Waals surface area contributed by atoms with Gasteiger partial charge in [-0.2, -0.15) is 0 Å². The van der Waals surface area contributed by atoms with Crippen LogP contribution in [-0.4, -0.2) is 24.8 Å². The number of rotatable bonds is 5. The molecule has 2 heterocycles. The molecule has 0 saturated carbocycles. The molecule has 90 valence electrons. The lowest BCUT2D eigenvalue weighted by molar-refractivity contribution is 0.0662. The fourth-order valence-corrected chi connectivity index (χ4v) is 2.69. The summed E-state index contributed by atoms with van der Waals surface area (Å²) in [7, 11) is 0. The summed E-state index contributed by atoms with van der Waals surface area (Å²) < 4.78 is 10.7. The molecule has 0 bridgehead atoms. The Morgan fingerprint density at radius 3 is 3.06 bits per heavy atom. The standard InChI is InChI=1S/C12H19NO2S/c1-2-14-8-12-13-11(9-16-12)7-10-3-5-15-6-4-10/h9-10H,2-8H2,1H3. The summed E-state index contributed by atoms with van der Waals surface area (Å²) in [6.07, 6.45) is 3.46. The van der Waals surface area contributed by atoms with Gasteiger partial charge in [0.05, 0.1) is 12.3 Å². The highest BCUT2D eigenvalue weighted by atomic mass is 32.1. The molecule has 1 aromatic heterocycles. The molecule has 4 heteroatoms. The largest absolute Gasteiger partial charge is 0.381 e. The van der Waals surface area contributed by atoms with E-state index in [0.29, 0.717) is 6.61 Å². The zero-order valence-electron chi connectivity index (χ0n) is 9.78. The lowest BCUT2D eigenvalue weighted by atomic mass is 9.95. The predicted octanol–water partition coefficient (Wildman–Crippen LogP) is 2.65. The predicted molar refractivity (Wildman–Crippen MR) is 64.7 cm³/mol. The molecule has 1 fully saturated rings. The maximum Gasteiger partial charge on any atom is 0.119 e. The molecule has 0 N–H and O–H groups in total.